The summed E-state index contributed by atoms with van der Waals surface area (Å²) in [7, 11) is -4.16. The van der Waals surface area contributed by atoms with Crippen LogP contribution in [0.4, 0.5) is 35.1 Å². The molecule has 0 bridgehead atoms. The van der Waals surface area contributed by atoms with Crippen molar-refractivity contribution in [2.75, 3.05) is 5.75 Å². The summed E-state index contributed by atoms with van der Waals surface area (Å²) in [5.74, 6) is 1.01. The Morgan fingerprint density at radius 3 is 1.53 bits per heavy atom. The molecular weight excluding hydrogens is 1120 g/mol. The van der Waals surface area contributed by atoms with Gasteiger partial charge in [-0.15, -0.1) is 6.42 Å². The summed E-state index contributed by atoms with van der Waals surface area (Å²) < 4.78 is 127. The number of aromatic nitrogens is 2. The summed E-state index contributed by atoms with van der Waals surface area (Å²) in [5, 5.41) is 9.08. The minimum atomic E-state index is -4.76. The molecule has 0 aliphatic carbocycles. The van der Waals surface area contributed by atoms with Gasteiger partial charge in [-0.2, -0.15) is 97.6 Å². The summed E-state index contributed by atoms with van der Waals surface area (Å²) >= 11 is 3.51. The molecule has 1 heterocycles. The first-order chi connectivity index (χ1) is 29.9. The Balaban J connectivity index is 0.000000477. The number of nitrogens with one attached hydrogen (secondary N) is 2. The molecule has 5 aromatic rings. The molecule has 0 fully saturated rings. The molecule has 0 amide bonds. The first-order valence-electron chi connectivity index (χ1n) is 19.5. The number of H-pyrrole nitrogens is 2. The number of nitriles is 1. The van der Waals surface area contributed by atoms with Crippen LogP contribution in [0.1, 0.15) is 125 Å². The van der Waals surface area contributed by atoms with Crippen LogP contribution in [0.25, 0.3) is 0 Å². The van der Waals surface area contributed by atoms with Crippen LogP contribution in [0, 0.1) is 40.2 Å². The van der Waals surface area contributed by atoms with Crippen molar-refractivity contribution in [1.82, 2.24) is 9.97 Å². The van der Waals surface area contributed by atoms with Crippen molar-refractivity contribution < 1.29 is 69.6 Å². The summed E-state index contributed by atoms with van der Waals surface area (Å²) in [5.41, 5.74) is 3.37. The van der Waals surface area contributed by atoms with Gasteiger partial charge in [0.2, 0.25) is 0 Å². The number of imidazole rings is 1. The molecule has 0 spiro atoms. The zero-order valence-electron chi connectivity index (χ0n) is 36.3. The van der Waals surface area contributed by atoms with Crippen LogP contribution in [0.5, 0.6) is 17.2 Å². The van der Waals surface area contributed by atoms with Crippen LogP contribution in [-0.4, -0.2) is 24.1 Å². The van der Waals surface area contributed by atoms with E-state index in [1.54, 1.807) is 0 Å². The van der Waals surface area contributed by atoms with Crippen molar-refractivity contribution in [3.63, 3.8) is 0 Å². The number of halogens is 9. The second-order valence-electron chi connectivity index (χ2n) is 14.6. The Hall–Kier alpha value is -4.21. The third kappa shape index (κ3) is 23.6. The number of hydrogen-bond donors (Lipinski definition) is 2. The van der Waals surface area contributed by atoms with Crippen LogP contribution in [0.3, 0.4) is 0 Å². The van der Waals surface area contributed by atoms with Crippen molar-refractivity contribution in [3.8, 4) is 23.3 Å². The van der Waals surface area contributed by atoms with E-state index < -0.39 is 52.7 Å². The van der Waals surface area contributed by atoms with Crippen LogP contribution < -0.4 is 8.92 Å². The average molecular weight is 1170 g/mol. The first-order valence-corrected chi connectivity index (χ1v) is 26.9. The SMILES string of the molecule is CC(C)c1[c-]c(C(C)C)ccc1.CC(C)c1[c-]c(C(C)C)ccc1.F[C-](F)F.N#Cc1c(Oc2cccc(OS(=O)(=O)CCC[C-](F)F)c2)cccc1C(F)(F)F.[Br][Au]=[c]1[nH]cc[nH]1. The van der Waals surface area contributed by atoms with Crippen molar-refractivity contribution in [2.24, 2.45) is 0 Å². The number of ether oxygens (including phenoxy) is 1. The van der Waals surface area contributed by atoms with E-state index in [2.05, 4.69) is 127 Å². The second kappa shape index (κ2) is 29.4. The van der Waals surface area contributed by atoms with E-state index >= 15 is 0 Å². The topological polar surface area (TPSA) is 108 Å². The molecule has 0 unspecified atom stereocenters. The fourth-order valence-electron chi connectivity index (χ4n) is 4.90. The third-order valence-electron chi connectivity index (χ3n) is 8.17. The van der Waals surface area contributed by atoms with Crippen molar-refractivity contribution >= 4 is 23.1 Å². The number of nitrogens with zero attached hydrogens (tertiary/aromatic N) is 1. The van der Waals surface area contributed by atoms with E-state index in [0.29, 0.717) is 23.7 Å². The Labute approximate surface area is 386 Å². The monoisotopic (exact) mass is 1170 g/mol. The van der Waals surface area contributed by atoms with Gasteiger partial charge >= 0.3 is 72.5 Å². The predicted molar refractivity (Wildman–Crippen MR) is 233 cm³/mol. The normalized spacial score (nSPS) is 11.2. The number of aromatic amines is 2. The Bertz CT molecular complexity index is 2210. The molecule has 0 radical (unpaired) electrons. The molecule has 7 nitrogen and oxygen atoms in total. The number of benzene rings is 4. The van der Waals surface area contributed by atoms with Crippen LogP contribution in [0.15, 0.2) is 91.3 Å². The van der Waals surface area contributed by atoms with E-state index in [0.717, 1.165) is 24.3 Å². The molecule has 4 aromatic carbocycles. The maximum absolute atomic E-state index is 13.0. The summed E-state index contributed by atoms with van der Waals surface area (Å²) in [6.07, 6.45) is -3.92. The summed E-state index contributed by atoms with van der Waals surface area (Å²) in [6.45, 7) is 14.6. The molecule has 0 aliphatic heterocycles. The quantitative estimate of drug-likeness (QED) is 0.0560. The van der Waals surface area contributed by atoms with Gasteiger partial charge in [-0.05, 0) is 47.9 Å². The van der Waals surface area contributed by atoms with E-state index in [4.69, 9.17) is 14.2 Å². The minimum absolute atomic E-state index is 0.0864. The molecule has 0 atom stereocenters. The predicted octanol–water partition coefficient (Wildman–Crippen LogP) is 15.4. The molecule has 18 heteroatoms. The van der Waals surface area contributed by atoms with Gasteiger partial charge in [0.15, 0.2) is 6.68 Å². The Morgan fingerprint density at radius 1 is 0.734 bits per heavy atom. The van der Waals surface area contributed by atoms with Crippen LogP contribution >= 0.6 is 13.0 Å². The number of alkyl halides is 3. The Kier molecular flexibility index (Phi) is 26.5. The molecule has 64 heavy (non-hydrogen) atoms. The Morgan fingerprint density at radius 2 is 1.16 bits per heavy atom. The zero-order chi connectivity index (χ0) is 48.6. The molecular formula is C46H51AuBrF8N3O4S-4. The summed E-state index contributed by atoms with van der Waals surface area (Å²) in [4.78, 5) is 6.06. The molecule has 2 N–H and O–H groups in total. The van der Waals surface area contributed by atoms with Crippen LogP contribution in [0.2, 0.25) is 0 Å². The maximum atomic E-state index is 13.0. The van der Waals surface area contributed by atoms with E-state index in [9.17, 15) is 43.5 Å². The molecule has 0 saturated heterocycles. The van der Waals surface area contributed by atoms with Gasteiger partial charge in [-0.25, -0.2) is 0 Å². The van der Waals surface area contributed by atoms with Gasteiger partial charge in [-0.3, -0.25) is 0 Å². The number of rotatable bonds is 12. The van der Waals surface area contributed by atoms with Gasteiger partial charge in [0, 0.05) is 12.5 Å². The summed E-state index contributed by atoms with van der Waals surface area (Å²) in [6, 6.07) is 29.1. The zero-order valence-corrected chi connectivity index (χ0v) is 40.9. The average Bonchev–Trinajstić information content (AvgIpc) is 3.75. The van der Waals surface area contributed by atoms with Crippen molar-refractivity contribution in [2.45, 2.75) is 98.1 Å². The van der Waals surface area contributed by atoms with Crippen molar-refractivity contribution in [3.05, 3.63) is 154 Å². The fraction of sp³-hybridized carbons (Fsp3) is 0.348. The third-order valence-corrected chi connectivity index (χ3v) is 12.4. The van der Waals surface area contributed by atoms with Gasteiger partial charge in [0.05, 0.1) is 11.3 Å². The van der Waals surface area contributed by atoms with Gasteiger partial charge in [-0.1, -0.05) is 73.9 Å². The van der Waals surface area contributed by atoms with Gasteiger partial charge < -0.3 is 30.9 Å². The molecule has 5 rings (SSSR count). The van der Waals surface area contributed by atoms with E-state index in [-0.39, 0.29) is 40.8 Å². The molecule has 358 valence electrons. The molecule has 0 saturated carbocycles. The standard InChI is InChI=1S/C18H13F5NO4S.2C12H17.C3H4N2.CF3.Au.BrH/c19-17(20)8-3-9-29(25,26)28-13-5-1-4-12(10-13)27-16-7-2-6-15(14(16)11-24)18(21,22)23;2*1-9(2)11-6-5-7-12(8-11)10(3)4;1-2-5-3-4-1;2-1(3)4;;/h1-2,4-7,10H,3,8-9H2;2*5-7,9-10H,1-4H3;1-2,4-5H;;;1H/q3*-1;;-1;+1;/p-1. The van der Waals surface area contributed by atoms with E-state index in [1.165, 1.54) is 50.2 Å². The fourth-order valence-corrected chi connectivity index (χ4v) is 7.61. The van der Waals surface area contributed by atoms with Gasteiger partial charge in [0.25, 0.3) is 0 Å². The van der Waals surface area contributed by atoms with Gasteiger partial charge in [0.1, 0.15) is 28.9 Å². The second-order valence-corrected chi connectivity index (χ2v) is 19.7. The van der Waals surface area contributed by atoms with Crippen molar-refractivity contribution in [1.29, 1.82) is 5.26 Å². The first kappa shape index (κ1) is 57.8. The molecule has 0 aliphatic rings. The number of hydrogen-bond acceptors (Lipinski definition) is 5. The molecule has 1 aromatic heterocycles. The van der Waals surface area contributed by atoms with Crippen LogP contribution in [-0.2, 0) is 33.4 Å². The van der Waals surface area contributed by atoms with E-state index in [1.807, 2.05) is 12.4 Å².